The lowest BCUT2D eigenvalue weighted by Crippen LogP contribution is -2.12. The lowest BCUT2D eigenvalue weighted by atomic mass is 10.2. The van der Waals surface area contributed by atoms with Gasteiger partial charge in [0.25, 0.3) is 0 Å². The zero-order valence-electron chi connectivity index (χ0n) is 11.0. The van der Waals surface area contributed by atoms with Crippen LogP contribution in [0.5, 0.6) is 5.75 Å². The minimum absolute atomic E-state index is 0.656. The number of hydrogen-bond donors (Lipinski definition) is 1. The predicted octanol–water partition coefficient (Wildman–Crippen LogP) is 3.35. The summed E-state index contributed by atoms with van der Waals surface area (Å²) in [5.74, 6) is 0.701. The number of benzene rings is 2. The highest BCUT2D eigenvalue weighted by Crippen LogP contribution is 2.35. The van der Waals surface area contributed by atoms with Crippen molar-refractivity contribution in [1.82, 2.24) is 0 Å². The average molecular weight is 242 g/mol. The highest BCUT2D eigenvalue weighted by atomic mass is 16.5. The Labute approximate surface area is 108 Å². The normalized spacial score (nSPS) is 10.2. The smallest absolute Gasteiger partial charge is 0.143 e. The molecule has 0 fully saturated rings. The first-order valence-electron chi connectivity index (χ1n) is 5.86. The van der Waals surface area contributed by atoms with E-state index in [2.05, 4.69) is 30.0 Å². The van der Waals surface area contributed by atoms with Gasteiger partial charge in [-0.3, -0.25) is 0 Å². The summed E-state index contributed by atoms with van der Waals surface area (Å²) in [6, 6.07) is 14.1. The minimum atomic E-state index is 0.656. The maximum absolute atomic E-state index is 6.10. The van der Waals surface area contributed by atoms with E-state index in [9.17, 15) is 0 Å². The average Bonchev–Trinajstić information content (AvgIpc) is 2.38. The fourth-order valence-electron chi connectivity index (χ4n) is 1.98. The molecule has 2 rings (SSSR count). The van der Waals surface area contributed by atoms with E-state index in [4.69, 9.17) is 10.5 Å². The van der Waals surface area contributed by atoms with Crippen molar-refractivity contribution in [2.75, 3.05) is 24.8 Å². The van der Waals surface area contributed by atoms with Crippen LogP contribution in [0.4, 0.5) is 17.1 Å². The molecule has 94 valence electrons. The van der Waals surface area contributed by atoms with Crippen molar-refractivity contribution in [3.63, 3.8) is 0 Å². The molecule has 0 aliphatic heterocycles. The highest BCUT2D eigenvalue weighted by Gasteiger charge is 2.10. The molecule has 0 aliphatic rings. The van der Waals surface area contributed by atoms with Gasteiger partial charge in [0.15, 0.2) is 0 Å². The van der Waals surface area contributed by atoms with Crippen molar-refractivity contribution in [3.05, 3.63) is 48.0 Å². The SMILES string of the molecule is COc1cccc(N(C)c2cccc(C)c2)c1N. The van der Waals surface area contributed by atoms with E-state index in [0.29, 0.717) is 11.4 Å². The van der Waals surface area contributed by atoms with Gasteiger partial charge in [-0.05, 0) is 36.8 Å². The number of aryl methyl sites for hydroxylation is 1. The molecular formula is C15H18N2O. The topological polar surface area (TPSA) is 38.5 Å². The first-order chi connectivity index (χ1) is 8.63. The van der Waals surface area contributed by atoms with Crippen molar-refractivity contribution >= 4 is 17.1 Å². The summed E-state index contributed by atoms with van der Waals surface area (Å²) in [5, 5.41) is 0. The molecular weight excluding hydrogens is 224 g/mol. The summed E-state index contributed by atoms with van der Waals surface area (Å²) < 4.78 is 5.24. The van der Waals surface area contributed by atoms with Crippen LogP contribution in [0.2, 0.25) is 0 Å². The molecule has 3 nitrogen and oxygen atoms in total. The zero-order chi connectivity index (χ0) is 13.1. The lowest BCUT2D eigenvalue weighted by molar-refractivity contribution is 0.417. The molecule has 0 radical (unpaired) electrons. The van der Waals surface area contributed by atoms with Gasteiger partial charge in [0.2, 0.25) is 0 Å². The summed E-state index contributed by atoms with van der Waals surface area (Å²) in [7, 11) is 3.63. The number of nitrogen functional groups attached to an aromatic ring is 1. The van der Waals surface area contributed by atoms with Gasteiger partial charge in [-0.15, -0.1) is 0 Å². The number of nitrogens with two attached hydrogens (primary N) is 1. The highest BCUT2D eigenvalue weighted by molar-refractivity contribution is 5.78. The third kappa shape index (κ3) is 2.25. The van der Waals surface area contributed by atoms with E-state index in [1.165, 1.54) is 5.56 Å². The van der Waals surface area contributed by atoms with Crippen molar-refractivity contribution in [2.45, 2.75) is 6.92 Å². The molecule has 0 heterocycles. The van der Waals surface area contributed by atoms with E-state index in [0.717, 1.165) is 11.4 Å². The number of anilines is 3. The molecule has 0 unspecified atom stereocenters. The number of nitrogens with zero attached hydrogens (tertiary/aromatic N) is 1. The summed E-state index contributed by atoms with van der Waals surface area (Å²) >= 11 is 0. The Hall–Kier alpha value is -2.16. The van der Waals surface area contributed by atoms with Gasteiger partial charge in [-0.2, -0.15) is 0 Å². The maximum atomic E-state index is 6.10. The fraction of sp³-hybridized carbons (Fsp3) is 0.200. The van der Waals surface area contributed by atoms with E-state index in [-0.39, 0.29) is 0 Å². The second-order valence-corrected chi connectivity index (χ2v) is 4.29. The predicted molar refractivity (Wildman–Crippen MR) is 76.6 cm³/mol. The third-order valence-electron chi connectivity index (χ3n) is 3.01. The lowest BCUT2D eigenvalue weighted by Gasteiger charge is -2.22. The van der Waals surface area contributed by atoms with Crippen LogP contribution in [0.1, 0.15) is 5.56 Å². The van der Waals surface area contributed by atoms with Crippen LogP contribution < -0.4 is 15.4 Å². The number of hydrogen-bond acceptors (Lipinski definition) is 3. The Balaban J connectivity index is 2.43. The van der Waals surface area contributed by atoms with Crippen LogP contribution in [0.15, 0.2) is 42.5 Å². The van der Waals surface area contributed by atoms with Gasteiger partial charge in [0.1, 0.15) is 5.75 Å². The first kappa shape index (κ1) is 12.3. The van der Waals surface area contributed by atoms with Gasteiger partial charge in [-0.1, -0.05) is 18.2 Å². The second kappa shape index (κ2) is 5.00. The molecule has 0 amide bonds. The summed E-state index contributed by atoms with van der Waals surface area (Å²) in [6.07, 6.45) is 0. The molecule has 0 aliphatic carbocycles. The van der Waals surface area contributed by atoms with Crippen LogP contribution in [0.25, 0.3) is 0 Å². The van der Waals surface area contributed by atoms with Crippen molar-refractivity contribution in [3.8, 4) is 5.75 Å². The summed E-state index contributed by atoms with van der Waals surface area (Å²) in [5.41, 5.74) is 10.0. The Bertz CT molecular complexity index is 552. The van der Waals surface area contributed by atoms with Gasteiger partial charge in [-0.25, -0.2) is 0 Å². The van der Waals surface area contributed by atoms with Crippen LogP contribution in [0.3, 0.4) is 0 Å². The van der Waals surface area contributed by atoms with Crippen molar-refractivity contribution in [1.29, 1.82) is 0 Å². The molecule has 2 aromatic carbocycles. The van der Waals surface area contributed by atoms with Crippen LogP contribution in [0, 0.1) is 6.92 Å². The van der Waals surface area contributed by atoms with Crippen LogP contribution >= 0.6 is 0 Å². The largest absolute Gasteiger partial charge is 0.495 e. The minimum Gasteiger partial charge on any atom is -0.495 e. The van der Waals surface area contributed by atoms with E-state index in [1.54, 1.807) is 7.11 Å². The fourth-order valence-corrected chi connectivity index (χ4v) is 1.98. The third-order valence-corrected chi connectivity index (χ3v) is 3.01. The Morgan fingerprint density at radius 1 is 1.11 bits per heavy atom. The Morgan fingerprint density at radius 2 is 1.83 bits per heavy atom. The molecule has 2 aromatic rings. The van der Waals surface area contributed by atoms with E-state index < -0.39 is 0 Å². The molecule has 0 bridgehead atoms. The molecule has 0 saturated heterocycles. The molecule has 2 N–H and O–H groups in total. The standard InChI is InChI=1S/C15H18N2O/c1-11-6-4-7-12(10-11)17(2)13-8-5-9-14(18-3)15(13)16/h4-10H,16H2,1-3H3. The number of ether oxygens (including phenoxy) is 1. The first-order valence-corrected chi connectivity index (χ1v) is 5.86. The Kier molecular flexibility index (Phi) is 3.42. The molecule has 0 saturated carbocycles. The number of para-hydroxylation sites is 1. The molecule has 0 aromatic heterocycles. The maximum Gasteiger partial charge on any atom is 0.143 e. The van der Waals surface area contributed by atoms with Crippen molar-refractivity contribution < 1.29 is 4.74 Å². The molecule has 0 spiro atoms. The molecule has 18 heavy (non-hydrogen) atoms. The van der Waals surface area contributed by atoms with E-state index >= 15 is 0 Å². The number of methoxy groups -OCH3 is 1. The molecule has 3 heteroatoms. The van der Waals surface area contributed by atoms with Gasteiger partial charge >= 0.3 is 0 Å². The summed E-state index contributed by atoms with van der Waals surface area (Å²) in [6.45, 7) is 2.08. The quantitative estimate of drug-likeness (QED) is 0.839. The number of rotatable bonds is 3. The summed E-state index contributed by atoms with van der Waals surface area (Å²) in [4.78, 5) is 2.06. The van der Waals surface area contributed by atoms with Crippen LogP contribution in [-0.4, -0.2) is 14.2 Å². The van der Waals surface area contributed by atoms with Gasteiger partial charge in [0, 0.05) is 12.7 Å². The van der Waals surface area contributed by atoms with Gasteiger partial charge < -0.3 is 15.4 Å². The van der Waals surface area contributed by atoms with E-state index in [1.807, 2.05) is 31.3 Å². The van der Waals surface area contributed by atoms with Gasteiger partial charge in [0.05, 0.1) is 18.5 Å². The van der Waals surface area contributed by atoms with Crippen molar-refractivity contribution in [2.24, 2.45) is 0 Å². The Morgan fingerprint density at radius 3 is 2.50 bits per heavy atom. The monoisotopic (exact) mass is 242 g/mol. The molecule has 0 atom stereocenters. The van der Waals surface area contributed by atoms with Crippen LogP contribution in [-0.2, 0) is 0 Å². The zero-order valence-corrected chi connectivity index (χ0v) is 11.0. The second-order valence-electron chi connectivity index (χ2n) is 4.29.